The molecule has 5 rings (SSSR count). The van der Waals surface area contributed by atoms with Crippen molar-refractivity contribution < 1.29 is 9.53 Å². The molecular formula is C26H31N5O2. The van der Waals surface area contributed by atoms with E-state index >= 15 is 0 Å². The van der Waals surface area contributed by atoms with Crippen LogP contribution in [0.4, 0.5) is 0 Å². The zero-order valence-corrected chi connectivity index (χ0v) is 18.9. The topological polar surface area (TPSA) is 63.5 Å². The van der Waals surface area contributed by atoms with Gasteiger partial charge in [0.1, 0.15) is 0 Å². The lowest BCUT2D eigenvalue weighted by Gasteiger charge is -2.39. The molecule has 1 atom stereocenters. The van der Waals surface area contributed by atoms with Crippen LogP contribution in [0.5, 0.6) is 0 Å². The summed E-state index contributed by atoms with van der Waals surface area (Å²) >= 11 is 0. The lowest BCUT2D eigenvalue weighted by molar-refractivity contribution is 0.0313. The van der Waals surface area contributed by atoms with Crippen molar-refractivity contribution >= 4 is 5.91 Å². The Kier molecular flexibility index (Phi) is 6.79. The third-order valence-corrected chi connectivity index (χ3v) is 6.76. The summed E-state index contributed by atoms with van der Waals surface area (Å²) in [5.74, 6) is -0.0280. The van der Waals surface area contributed by atoms with Crippen LogP contribution in [0.3, 0.4) is 0 Å². The molecule has 0 bridgehead atoms. The Bertz CT molecular complexity index is 1030. The first kappa shape index (κ1) is 21.8. The summed E-state index contributed by atoms with van der Waals surface area (Å²) < 4.78 is 6.06. The number of para-hydroxylation sites is 1. The molecule has 2 fully saturated rings. The van der Waals surface area contributed by atoms with E-state index < -0.39 is 0 Å². The molecule has 7 heteroatoms. The summed E-state index contributed by atoms with van der Waals surface area (Å²) in [5, 5.41) is 8.69. The van der Waals surface area contributed by atoms with Gasteiger partial charge in [-0.1, -0.05) is 48.5 Å². The van der Waals surface area contributed by atoms with E-state index in [0.29, 0.717) is 24.4 Å². The molecule has 3 aromatic rings. The largest absolute Gasteiger partial charge is 0.375 e. The molecule has 0 aliphatic carbocycles. The number of nitrogens with zero attached hydrogens (tertiary/aromatic N) is 5. The molecular weight excluding hydrogens is 414 g/mol. The van der Waals surface area contributed by atoms with Crippen LogP contribution in [0.1, 0.15) is 41.7 Å². The molecule has 3 heterocycles. The van der Waals surface area contributed by atoms with E-state index in [0.717, 1.165) is 44.8 Å². The summed E-state index contributed by atoms with van der Waals surface area (Å²) in [7, 11) is 0. The van der Waals surface area contributed by atoms with Crippen LogP contribution >= 0.6 is 0 Å². The molecule has 2 aromatic carbocycles. The Hall–Kier alpha value is -3.03. The van der Waals surface area contributed by atoms with Crippen molar-refractivity contribution in [2.24, 2.45) is 0 Å². The third kappa shape index (κ3) is 5.15. The quantitative estimate of drug-likeness (QED) is 0.557. The van der Waals surface area contributed by atoms with Gasteiger partial charge in [-0.3, -0.25) is 9.69 Å². The van der Waals surface area contributed by atoms with Crippen molar-refractivity contribution in [2.75, 3.05) is 26.2 Å². The molecule has 0 radical (unpaired) electrons. The Morgan fingerprint density at radius 1 is 0.939 bits per heavy atom. The molecule has 1 unspecified atom stereocenters. The molecule has 2 aliphatic heterocycles. The summed E-state index contributed by atoms with van der Waals surface area (Å²) in [6.45, 7) is 4.09. The third-order valence-electron chi connectivity index (χ3n) is 6.76. The number of carbonyl (C=O) groups is 1. The molecule has 2 saturated heterocycles. The Morgan fingerprint density at radius 2 is 1.67 bits per heavy atom. The van der Waals surface area contributed by atoms with Crippen LogP contribution in [0, 0.1) is 0 Å². The highest BCUT2D eigenvalue weighted by molar-refractivity contribution is 5.92. The average Bonchev–Trinajstić information content (AvgIpc) is 3.55. The van der Waals surface area contributed by atoms with Crippen molar-refractivity contribution in [1.82, 2.24) is 24.8 Å². The second kappa shape index (κ2) is 10.3. The second-order valence-electron chi connectivity index (χ2n) is 8.91. The fourth-order valence-electron chi connectivity index (χ4n) is 5.01. The maximum atomic E-state index is 13.0. The van der Waals surface area contributed by atoms with E-state index in [1.807, 2.05) is 41.3 Å². The number of hydrogen-bond acceptors (Lipinski definition) is 5. The van der Waals surface area contributed by atoms with E-state index in [9.17, 15) is 4.79 Å². The SMILES string of the molecule is O=C(c1cnn(-c2ccccc2)n1)N1CCC(N2CCCC2COCc2ccccc2)CC1. The molecule has 1 amide bonds. The Labute approximate surface area is 195 Å². The molecule has 0 spiro atoms. The number of likely N-dealkylation sites (tertiary alicyclic amines) is 2. The van der Waals surface area contributed by atoms with Crippen molar-refractivity contribution in [3.8, 4) is 5.69 Å². The van der Waals surface area contributed by atoms with Crippen LogP contribution in [0.25, 0.3) is 5.69 Å². The summed E-state index contributed by atoms with van der Waals surface area (Å²) in [4.78, 5) is 19.1. The first-order chi connectivity index (χ1) is 16.3. The molecule has 2 aliphatic rings. The van der Waals surface area contributed by atoms with Crippen LogP contribution < -0.4 is 0 Å². The molecule has 33 heavy (non-hydrogen) atoms. The second-order valence-corrected chi connectivity index (χ2v) is 8.91. The number of amides is 1. The maximum absolute atomic E-state index is 13.0. The van der Waals surface area contributed by atoms with E-state index in [1.165, 1.54) is 23.2 Å². The highest BCUT2D eigenvalue weighted by Crippen LogP contribution is 2.27. The number of benzene rings is 2. The minimum Gasteiger partial charge on any atom is -0.375 e. The summed E-state index contributed by atoms with van der Waals surface area (Å²) in [6.07, 6.45) is 5.97. The lowest BCUT2D eigenvalue weighted by atomic mass is 10.0. The minimum absolute atomic E-state index is 0.0280. The first-order valence-electron chi connectivity index (χ1n) is 11.9. The highest BCUT2D eigenvalue weighted by atomic mass is 16.5. The summed E-state index contributed by atoms with van der Waals surface area (Å²) in [5.41, 5.74) is 2.48. The average molecular weight is 446 g/mol. The summed E-state index contributed by atoms with van der Waals surface area (Å²) in [6, 6.07) is 21.0. The predicted molar refractivity (Wildman–Crippen MR) is 126 cm³/mol. The Morgan fingerprint density at radius 3 is 2.42 bits per heavy atom. The van der Waals surface area contributed by atoms with Crippen LogP contribution in [-0.2, 0) is 11.3 Å². The zero-order valence-electron chi connectivity index (χ0n) is 18.9. The smallest absolute Gasteiger partial charge is 0.276 e. The number of aromatic nitrogens is 3. The fraction of sp³-hybridized carbons (Fsp3) is 0.423. The molecule has 0 N–H and O–H groups in total. The predicted octanol–water partition coefficient (Wildman–Crippen LogP) is 3.55. The van der Waals surface area contributed by atoms with E-state index in [-0.39, 0.29) is 5.91 Å². The normalized spacial score (nSPS) is 19.8. The Balaban J connectivity index is 1.12. The number of rotatable bonds is 7. The van der Waals surface area contributed by atoms with Crippen molar-refractivity contribution in [3.63, 3.8) is 0 Å². The van der Waals surface area contributed by atoms with Gasteiger partial charge in [-0.25, -0.2) is 0 Å². The van der Waals surface area contributed by atoms with Gasteiger partial charge in [0.25, 0.3) is 5.91 Å². The number of ether oxygens (including phenoxy) is 1. The van der Waals surface area contributed by atoms with Crippen molar-refractivity contribution in [3.05, 3.63) is 78.1 Å². The number of hydrogen-bond donors (Lipinski definition) is 0. The minimum atomic E-state index is -0.0280. The van der Waals surface area contributed by atoms with Gasteiger partial charge >= 0.3 is 0 Å². The van der Waals surface area contributed by atoms with E-state index in [2.05, 4.69) is 39.4 Å². The molecule has 7 nitrogen and oxygen atoms in total. The van der Waals surface area contributed by atoms with Gasteiger partial charge in [-0.05, 0) is 49.9 Å². The van der Waals surface area contributed by atoms with Crippen molar-refractivity contribution in [1.29, 1.82) is 0 Å². The van der Waals surface area contributed by atoms with Crippen molar-refractivity contribution in [2.45, 2.75) is 44.4 Å². The van der Waals surface area contributed by atoms with Gasteiger partial charge in [0, 0.05) is 25.2 Å². The van der Waals surface area contributed by atoms with E-state index in [1.54, 1.807) is 6.20 Å². The van der Waals surface area contributed by atoms with Crippen LogP contribution in [0.15, 0.2) is 66.9 Å². The van der Waals surface area contributed by atoms with Gasteiger partial charge in [-0.2, -0.15) is 9.90 Å². The maximum Gasteiger partial charge on any atom is 0.276 e. The lowest BCUT2D eigenvalue weighted by Crippen LogP contribution is -2.49. The van der Waals surface area contributed by atoms with Gasteiger partial charge < -0.3 is 9.64 Å². The van der Waals surface area contributed by atoms with Gasteiger partial charge in [-0.15, -0.1) is 5.10 Å². The molecule has 1 aromatic heterocycles. The van der Waals surface area contributed by atoms with Crippen LogP contribution in [-0.4, -0.2) is 69.0 Å². The zero-order chi connectivity index (χ0) is 22.5. The van der Waals surface area contributed by atoms with Crippen LogP contribution in [0.2, 0.25) is 0 Å². The number of carbonyl (C=O) groups excluding carboxylic acids is 1. The number of piperidine rings is 1. The molecule has 0 saturated carbocycles. The van der Waals surface area contributed by atoms with Gasteiger partial charge in [0.05, 0.1) is 25.1 Å². The first-order valence-corrected chi connectivity index (χ1v) is 11.9. The monoisotopic (exact) mass is 445 g/mol. The highest BCUT2D eigenvalue weighted by Gasteiger charge is 2.34. The van der Waals surface area contributed by atoms with E-state index in [4.69, 9.17) is 4.74 Å². The van der Waals surface area contributed by atoms with Gasteiger partial charge in [0.15, 0.2) is 5.69 Å². The fourth-order valence-corrected chi connectivity index (χ4v) is 5.01. The standard InChI is InChI=1S/C26H31N5O2/c32-26(25-18-27-31(28-25)23-10-5-2-6-11-23)29-16-13-22(14-17-29)30-15-7-12-24(30)20-33-19-21-8-3-1-4-9-21/h1-6,8-11,18,22,24H,7,12-17,19-20H2. The molecule has 172 valence electrons. The van der Waals surface area contributed by atoms with Gasteiger partial charge in [0.2, 0.25) is 0 Å².